The number of aromatic nitrogens is 1. The summed E-state index contributed by atoms with van der Waals surface area (Å²) in [4.78, 5) is 53.3. The largest absolute Gasteiger partial charge is 0.456 e. The molecule has 1 aliphatic carbocycles. The van der Waals surface area contributed by atoms with Gasteiger partial charge in [-0.25, -0.2) is 4.98 Å². The number of esters is 1. The number of halogens is 1. The predicted octanol–water partition coefficient (Wildman–Crippen LogP) is 1.78. The van der Waals surface area contributed by atoms with Crippen LogP contribution >= 0.6 is 11.6 Å². The van der Waals surface area contributed by atoms with E-state index in [-0.39, 0.29) is 41.8 Å². The molecule has 0 unspecified atom stereocenters. The number of nitrogens with zero attached hydrogens (tertiary/aromatic N) is 2. The Balaban J connectivity index is 1.43. The SMILES string of the molecule is O=C(COC(=O)CCN1C(=O)[C@H]2CCCC[C@H]2C1=O)Nc1cccnc1Cl. The van der Waals surface area contributed by atoms with Crippen LogP contribution in [0.15, 0.2) is 18.3 Å². The Labute approximate surface area is 161 Å². The number of rotatable bonds is 6. The van der Waals surface area contributed by atoms with Gasteiger partial charge >= 0.3 is 5.97 Å². The van der Waals surface area contributed by atoms with Gasteiger partial charge in [-0.1, -0.05) is 24.4 Å². The first-order valence-corrected chi connectivity index (χ1v) is 9.26. The first-order valence-electron chi connectivity index (χ1n) is 8.88. The summed E-state index contributed by atoms with van der Waals surface area (Å²) < 4.78 is 4.90. The third kappa shape index (κ3) is 4.44. The zero-order valence-electron chi connectivity index (χ0n) is 14.7. The maximum absolute atomic E-state index is 12.3. The van der Waals surface area contributed by atoms with Crippen molar-refractivity contribution in [1.82, 2.24) is 9.88 Å². The standard InChI is InChI=1S/C18H20ClN3O5/c19-16-13(6-3-8-20-16)21-14(23)10-27-15(24)7-9-22-17(25)11-4-1-2-5-12(11)18(22)26/h3,6,8,11-12H,1-2,4-5,7,9-10H2,(H,21,23)/t11-,12+. The topological polar surface area (TPSA) is 106 Å². The Hall–Kier alpha value is -2.48. The number of nitrogens with one attached hydrogen (secondary N) is 1. The lowest BCUT2D eigenvalue weighted by Crippen LogP contribution is -2.33. The van der Waals surface area contributed by atoms with Crippen LogP contribution in [0.4, 0.5) is 5.69 Å². The molecule has 2 fully saturated rings. The third-order valence-electron chi connectivity index (χ3n) is 4.87. The summed E-state index contributed by atoms with van der Waals surface area (Å²) in [5, 5.41) is 2.61. The number of imide groups is 1. The number of carbonyl (C=O) groups is 4. The number of fused-ring (bicyclic) bond motifs is 1. The van der Waals surface area contributed by atoms with E-state index in [0.717, 1.165) is 30.6 Å². The summed E-state index contributed by atoms with van der Waals surface area (Å²) >= 11 is 5.83. The molecule has 144 valence electrons. The molecule has 0 spiro atoms. The van der Waals surface area contributed by atoms with Gasteiger partial charge in [-0.15, -0.1) is 0 Å². The molecule has 1 N–H and O–H groups in total. The van der Waals surface area contributed by atoms with E-state index in [0.29, 0.717) is 5.69 Å². The monoisotopic (exact) mass is 393 g/mol. The van der Waals surface area contributed by atoms with E-state index in [1.54, 1.807) is 12.1 Å². The van der Waals surface area contributed by atoms with Gasteiger partial charge in [0.1, 0.15) is 0 Å². The van der Waals surface area contributed by atoms with E-state index >= 15 is 0 Å². The fourth-order valence-electron chi connectivity index (χ4n) is 3.54. The van der Waals surface area contributed by atoms with E-state index < -0.39 is 18.5 Å². The van der Waals surface area contributed by atoms with Gasteiger partial charge in [0.05, 0.1) is 23.9 Å². The number of likely N-dealkylation sites (tertiary alicyclic amines) is 1. The van der Waals surface area contributed by atoms with Crippen LogP contribution in [-0.4, -0.2) is 46.7 Å². The van der Waals surface area contributed by atoms with Gasteiger partial charge < -0.3 is 10.1 Å². The zero-order valence-corrected chi connectivity index (χ0v) is 15.4. The fraction of sp³-hybridized carbons (Fsp3) is 0.500. The summed E-state index contributed by atoms with van der Waals surface area (Å²) in [5.74, 6) is -2.08. The molecule has 1 aromatic rings. The minimum atomic E-state index is -0.655. The second-order valence-corrected chi connectivity index (χ2v) is 6.98. The number of hydrogen-bond acceptors (Lipinski definition) is 6. The highest BCUT2D eigenvalue weighted by atomic mass is 35.5. The molecular weight excluding hydrogens is 374 g/mol. The summed E-state index contributed by atoms with van der Waals surface area (Å²) in [7, 11) is 0. The van der Waals surface area contributed by atoms with Crippen LogP contribution in [0, 0.1) is 11.8 Å². The lowest BCUT2D eigenvalue weighted by atomic mass is 9.81. The fourth-order valence-corrected chi connectivity index (χ4v) is 3.70. The molecule has 27 heavy (non-hydrogen) atoms. The van der Waals surface area contributed by atoms with E-state index in [1.165, 1.54) is 6.20 Å². The normalized spacial score (nSPS) is 21.7. The van der Waals surface area contributed by atoms with Gasteiger partial charge in [0.2, 0.25) is 11.8 Å². The van der Waals surface area contributed by atoms with Crippen molar-refractivity contribution in [3.8, 4) is 0 Å². The molecule has 8 nitrogen and oxygen atoms in total. The molecule has 2 heterocycles. The second kappa shape index (κ2) is 8.47. The van der Waals surface area contributed by atoms with Crippen molar-refractivity contribution >= 4 is 41.0 Å². The Kier molecular flexibility index (Phi) is 6.05. The van der Waals surface area contributed by atoms with Crippen molar-refractivity contribution in [2.45, 2.75) is 32.1 Å². The van der Waals surface area contributed by atoms with Crippen molar-refractivity contribution in [1.29, 1.82) is 0 Å². The van der Waals surface area contributed by atoms with Gasteiger partial charge in [-0.3, -0.25) is 24.1 Å². The van der Waals surface area contributed by atoms with Crippen LogP contribution in [0.25, 0.3) is 0 Å². The number of anilines is 1. The van der Waals surface area contributed by atoms with Crippen LogP contribution in [0.1, 0.15) is 32.1 Å². The zero-order chi connectivity index (χ0) is 19.4. The second-order valence-electron chi connectivity index (χ2n) is 6.63. The molecule has 2 aliphatic rings. The van der Waals surface area contributed by atoms with Crippen LogP contribution in [-0.2, 0) is 23.9 Å². The van der Waals surface area contributed by atoms with Crippen LogP contribution in [0.5, 0.6) is 0 Å². The van der Waals surface area contributed by atoms with Crippen molar-refractivity contribution < 1.29 is 23.9 Å². The summed E-state index contributed by atoms with van der Waals surface area (Å²) in [6, 6.07) is 3.17. The lowest BCUT2D eigenvalue weighted by Gasteiger charge is -2.19. The van der Waals surface area contributed by atoms with Crippen molar-refractivity contribution in [3.63, 3.8) is 0 Å². The summed E-state index contributed by atoms with van der Waals surface area (Å²) in [5.41, 5.74) is 0.316. The first kappa shape index (κ1) is 19.3. The third-order valence-corrected chi connectivity index (χ3v) is 5.17. The minimum absolute atomic E-state index is 0.0143. The molecule has 1 aromatic heterocycles. The van der Waals surface area contributed by atoms with E-state index in [4.69, 9.17) is 16.3 Å². The van der Waals surface area contributed by atoms with Crippen molar-refractivity contribution in [2.24, 2.45) is 11.8 Å². The molecule has 9 heteroatoms. The summed E-state index contributed by atoms with van der Waals surface area (Å²) in [6.45, 7) is -0.503. The maximum atomic E-state index is 12.3. The van der Waals surface area contributed by atoms with Gasteiger partial charge in [0, 0.05) is 12.7 Å². The molecule has 3 rings (SSSR count). The van der Waals surface area contributed by atoms with Gasteiger partial charge in [-0.05, 0) is 25.0 Å². The number of amides is 3. The average Bonchev–Trinajstić information content (AvgIpc) is 2.91. The smallest absolute Gasteiger partial charge is 0.308 e. The molecule has 0 aromatic carbocycles. The molecule has 1 aliphatic heterocycles. The van der Waals surface area contributed by atoms with Gasteiger partial charge in [0.25, 0.3) is 5.91 Å². The maximum Gasteiger partial charge on any atom is 0.308 e. The Morgan fingerprint density at radius 2 is 1.89 bits per heavy atom. The Morgan fingerprint density at radius 3 is 2.52 bits per heavy atom. The number of pyridine rings is 1. The van der Waals surface area contributed by atoms with E-state index in [2.05, 4.69) is 10.3 Å². The van der Waals surface area contributed by atoms with E-state index in [9.17, 15) is 19.2 Å². The van der Waals surface area contributed by atoms with E-state index in [1.807, 2.05) is 0 Å². The number of hydrogen-bond donors (Lipinski definition) is 1. The number of ether oxygens (including phenoxy) is 1. The predicted molar refractivity (Wildman–Crippen MR) is 95.6 cm³/mol. The van der Waals surface area contributed by atoms with Crippen molar-refractivity contribution in [2.75, 3.05) is 18.5 Å². The molecule has 0 radical (unpaired) electrons. The molecular formula is C18H20ClN3O5. The molecule has 3 amide bonds. The quantitative estimate of drug-likeness (QED) is 0.448. The molecule has 0 bridgehead atoms. The van der Waals surface area contributed by atoms with Crippen LogP contribution in [0.2, 0.25) is 5.15 Å². The Morgan fingerprint density at radius 1 is 1.22 bits per heavy atom. The first-order chi connectivity index (χ1) is 13.0. The molecule has 1 saturated carbocycles. The Bertz CT molecular complexity index is 745. The highest BCUT2D eigenvalue weighted by molar-refractivity contribution is 6.32. The minimum Gasteiger partial charge on any atom is -0.456 e. The number of carbonyl (C=O) groups excluding carboxylic acids is 4. The van der Waals surface area contributed by atoms with Gasteiger partial charge in [0.15, 0.2) is 11.8 Å². The van der Waals surface area contributed by atoms with Gasteiger partial charge in [-0.2, -0.15) is 0 Å². The summed E-state index contributed by atoms with van der Waals surface area (Å²) in [6.07, 6.45) is 4.70. The van der Waals surface area contributed by atoms with Crippen molar-refractivity contribution in [3.05, 3.63) is 23.5 Å². The lowest BCUT2D eigenvalue weighted by molar-refractivity contribution is -0.148. The highest BCUT2D eigenvalue weighted by Crippen LogP contribution is 2.37. The molecule has 1 saturated heterocycles. The average molecular weight is 394 g/mol. The highest BCUT2D eigenvalue weighted by Gasteiger charge is 2.47. The van der Waals surface area contributed by atoms with Crippen LogP contribution in [0.3, 0.4) is 0 Å². The van der Waals surface area contributed by atoms with Crippen LogP contribution < -0.4 is 5.32 Å². The molecule has 2 atom stereocenters.